The van der Waals surface area contributed by atoms with Crippen molar-refractivity contribution in [3.05, 3.63) is 12.2 Å². The largest absolute Gasteiger partial charge is 0.466 e. The summed E-state index contributed by atoms with van der Waals surface area (Å²) in [5, 5.41) is 6.49. The first kappa shape index (κ1) is 8.22. The summed E-state index contributed by atoms with van der Waals surface area (Å²) in [5.41, 5.74) is 0. The summed E-state index contributed by atoms with van der Waals surface area (Å²) >= 11 is 0. The number of rotatable bonds is 3. The van der Waals surface area contributed by atoms with E-state index < -0.39 is 0 Å². The molecule has 1 N–H and O–H groups in total. The zero-order chi connectivity index (χ0) is 9.26. The second kappa shape index (κ2) is 3.16. The normalized spacial score (nSPS) is 25.6. The first-order valence-corrected chi connectivity index (χ1v) is 4.34. The first-order chi connectivity index (χ1) is 6.33. The minimum absolute atomic E-state index is 0.00657. The van der Waals surface area contributed by atoms with E-state index in [1.54, 1.807) is 0 Å². The molecular weight excluding hydrogens is 170 g/mol. The molecule has 1 aromatic heterocycles. The average molecular weight is 181 g/mol. The number of carbonyl (C=O) groups excluding carboxylic acids is 1. The van der Waals surface area contributed by atoms with E-state index in [0.29, 0.717) is 6.61 Å². The van der Waals surface area contributed by atoms with E-state index in [2.05, 4.69) is 15.2 Å². The van der Waals surface area contributed by atoms with Crippen molar-refractivity contribution >= 4 is 5.97 Å². The Morgan fingerprint density at radius 3 is 3.31 bits per heavy atom. The van der Waals surface area contributed by atoms with Gasteiger partial charge in [-0.2, -0.15) is 5.10 Å². The Labute approximate surface area is 75.5 Å². The molecule has 2 rings (SSSR count). The lowest BCUT2D eigenvalue weighted by atomic mass is 10.3. The fourth-order valence-corrected chi connectivity index (χ4v) is 1.40. The number of hydrogen-bond donors (Lipinski definition) is 1. The van der Waals surface area contributed by atoms with Crippen LogP contribution in [0.1, 0.15) is 25.1 Å². The molecule has 1 aliphatic rings. The third kappa shape index (κ3) is 1.54. The minimum atomic E-state index is -0.121. The van der Waals surface area contributed by atoms with Crippen LogP contribution in [0.3, 0.4) is 0 Å². The second-order valence-corrected chi connectivity index (χ2v) is 3.07. The van der Waals surface area contributed by atoms with Gasteiger partial charge in [0.25, 0.3) is 0 Å². The molecule has 1 fully saturated rings. The van der Waals surface area contributed by atoms with Crippen LogP contribution in [0.2, 0.25) is 0 Å². The van der Waals surface area contributed by atoms with Gasteiger partial charge in [-0.05, 0) is 13.3 Å². The van der Waals surface area contributed by atoms with Crippen molar-refractivity contribution in [2.75, 3.05) is 6.61 Å². The lowest BCUT2D eigenvalue weighted by Crippen LogP contribution is -2.07. The third-order valence-corrected chi connectivity index (χ3v) is 2.16. The van der Waals surface area contributed by atoms with Gasteiger partial charge in [-0.1, -0.05) is 0 Å². The molecule has 1 heterocycles. The first-order valence-electron chi connectivity index (χ1n) is 4.34. The summed E-state index contributed by atoms with van der Waals surface area (Å²) < 4.78 is 4.89. The number of ether oxygens (including phenoxy) is 1. The number of H-pyrrole nitrogens is 1. The van der Waals surface area contributed by atoms with Gasteiger partial charge in [0, 0.05) is 5.92 Å². The summed E-state index contributed by atoms with van der Waals surface area (Å²) in [4.78, 5) is 15.2. The van der Waals surface area contributed by atoms with Crippen molar-refractivity contribution in [3.8, 4) is 0 Å². The van der Waals surface area contributed by atoms with E-state index in [4.69, 9.17) is 4.74 Å². The van der Waals surface area contributed by atoms with Crippen LogP contribution in [-0.4, -0.2) is 27.8 Å². The SMILES string of the molecule is CCOC(=O)[C@@H]1C[C@@H]1c1ncn[nH]1. The molecule has 1 aliphatic carbocycles. The Hall–Kier alpha value is -1.39. The summed E-state index contributed by atoms with van der Waals surface area (Å²) in [6, 6.07) is 0. The number of hydrogen-bond acceptors (Lipinski definition) is 4. The van der Waals surface area contributed by atoms with Gasteiger partial charge in [0.05, 0.1) is 12.5 Å². The average Bonchev–Trinajstić information content (AvgIpc) is 2.74. The summed E-state index contributed by atoms with van der Waals surface area (Å²) in [5.74, 6) is 0.858. The molecule has 70 valence electrons. The minimum Gasteiger partial charge on any atom is -0.466 e. The maximum absolute atomic E-state index is 11.2. The van der Waals surface area contributed by atoms with E-state index in [-0.39, 0.29) is 17.8 Å². The highest BCUT2D eigenvalue weighted by Gasteiger charge is 2.47. The van der Waals surface area contributed by atoms with Crippen molar-refractivity contribution < 1.29 is 9.53 Å². The molecule has 0 bridgehead atoms. The van der Waals surface area contributed by atoms with Crippen molar-refractivity contribution in [2.24, 2.45) is 5.92 Å². The second-order valence-electron chi connectivity index (χ2n) is 3.07. The zero-order valence-electron chi connectivity index (χ0n) is 7.36. The van der Waals surface area contributed by atoms with E-state index in [9.17, 15) is 4.79 Å². The van der Waals surface area contributed by atoms with E-state index >= 15 is 0 Å². The van der Waals surface area contributed by atoms with Gasteiger partial charge >= 0.3 is 5.97 Å². The van der Waals surface area contributed by atoms with Crippen LogP contribution in [0.5, 0.6) is 0 Å². The van der Waals surface area contributed by atoms with Gasteiger partial charge in [-0.25, -0.2) is 4.98 Å². The molecule has 0 unspecified atom stereocenters. The maximum atomic E-state index is 11.2. The predicted molar refractivity (Wildman–Crippen MR) is 43.9 cm³/mol. The van der Waals surface area contributed by atoms with Crippen LogP contribution in [0.25, 0.3) is 0 Å². The molecule has 0 saturated heterocycles. The van der Waals surface area contributed by atoms with Gasteiger partial charge in [0.1, 0.15) is 12.2 Å². The molecule has 5 heteroatoms. The Kier molecular flexibility index (Phi) is 2.00. The Bertz CT molecular complexity index is 296. The smallest absolute Gasteiger partial charge is 0.309 e. The maximum Gasteiger partial charge on any atom is 0.309 e. The summed E-state index contributed by atoms with van der Waals surface area (Å²) in [6.07, 6.45) is 2.28. The number of nitrogens with zero attached hydrogens (tertiary/aromatic N) is 2. The van der Waals surface area contributed by atoms with Gasteiger partial charge in [0.15, 0.2) is 0 Å². The van der Waals surface area contributed by atoms with Crippen LogP contribution in [0.15, 0.2) is 6.33 Å². The lowest BCUT2D eigenvalue weighted by Gasteiger charge is -1.98. The Balaban J connectivity index is 1.92. The van der Waals surface area contributed by atoms with Crippen LogP contribution >= 0.6 is 0 Å². The molecule has 5 nitrogen and oxygen atoms in total. The van der Waals surface area contributed by atoms with Gasteiger partial charge in [-0.15, -0.1) is 0 Å². The number of esters is 1. The molecule has 0 spiro atoms. The topological polar surface area (TPSA) is 67.9 Å². The van der Waals surface area contributed by atoms with Gasteiger partial charge in [-0.3, -0.25) is 9.89 Å². The van der Waals surface area contributed by atoms with Crippen molar-refractivity contribution in [2.45, 2.75) is 19.3 Å². The standard InChI is InChI=1S/C8H11N3O2/c1-2-13-8(12)6-3-5(6)7-9-4-10-11-7/h4-6H,2-3H2,1H3,(H,9,10,11)/t5-,6+/m0/s1. The van der Waals surface area contributed by atoms with Crippen molar-refractivity contribution in [3.63, 3.8) is 0 Å². The van der Waals surface area contributed by atoms with Crippen LogP contribution in [-0.2, 0) is 9.53 Å². The molecule has 1 aromatic rings. The molecule has 0 radical (unpaired) electrons. The Morgan fingerprint density at radius 1 is 1.85 bits per heavy atom. The quantitative estimate of drug-likeness (QED) is 0.688. The number of aromatic amines is 1. The highest BCUT2D eigenvalue weighted by molar-refractivity contribution is 5.76. The summed E-state index contributed by atoms with van der Waals surface area (Å²) in [6.45, 7) is 2.25. The van der Waals surface area contributed by atoms with Crippen molar-refractivity contribution in [1.29, 1.82) is 0 Å². The molecule has 13 heavy (non-hydrogen) atoms. The van der Waals surface area contributed by atoms with Gasteiger partial charge < -0.3 is 4.74 Å². The lowest BCUT2D eigenvalue weighted by molar-refractivity contribution is -0.144. The van der Waals surface area contributed by atoms with Crippen molar-refractivity contribution in [1.82, 2.24) is 15.2 Å². The van der Waals surface area contributed by atoms with Crippen LogP contribution < -0.4 is 0 Å². The third-order valence-electron chi connectivity index (χ3n) is 2.16. The fourth-order valence-electron chi connectivity index (χ4n) is 1.40. The zero-order valence-corrected chi connectivity index (χ0v) is 7.36. The number of carbonyl (C=O) groups is 1. The molecule has 2 atom stereocenters. The number of aromatic nitrogens is 3. The van der Waals surface area contributed by atoms with Crippen LogP contribution in [0, 0.1) is 5.92 Å². The monoisotopic (exact) mass is 181 g/mol. The van der Waals surface area contributed by atoms with E-state index in [0.717, 1.165) is 12.2 Å². The highest BCUT2D eigenvalue weighted by atomic mass is 16.5. The van der Waals surface area contributed by atoms with E-state index in [1.165, 1.54) is 6.33 Å². The van der Waals surface area contributed by atoms with Gasteiger partial charge in [0.2, 0.25) is 0 Å². The molecule has 0 aromatic carbocycles. The summed E-state index contributed by atoms with van der Waals surface area (Å²) in [7, 11) is 0. The van der Waals surface area contributed by atoms with E-state index in [1.807, 2.05) is 6.92 Å². The molecule has 1 saturated carbocycles. The van der Waals surface area contributed by atoms with Crippen LogP contribution in [0.4, 0.5) is 0 Å². The fraction of sp³-hybridized carbons (Fsp3) is 0.625. The number of nitrogens with one attached hydrogen (secondary N) is 1. The Morgan fingerprint density at radius 2 is 2.69 bits per heavy atom. The molecular formula is C8H11N3O2. The molecule has 0 aliphatic heterocycles. The molecule has 0 amide bonds. The predicted octanol–water partition coefficient (Wildman–Crippen LogP) is 0.471. The highest BCUT2D eigenvalue weighted by Crippen LogP contribution is 2.46.